The van der Waals surface area contributed by atoms with Crippen molar-refractivity contribution in [3.8, 4) is 11.4 Å². The zero-order valence-corrected chi connectivity index (χ0v) is 21.4. The fourth-order valence-corrected chi connectivity index (χ4v) is 5.02. The maximum Gasteiger partial charge on any atom is 0.256 e. The molecular formula is C26H28BrN5O4. The lowest BCUT2D eigenvalue weighted by molar-refractivity contribution is -0.121. The van der Waals surface area contributed by atoms with E-state index in [1.54, 1.807) is 17.0 Å². The molecule has 3 heterocycles. The van der Waals surface area contributed by atoms with Crippen LogP contribution in [0.15, 0.2) is 57.5 Å². The number of nitrogens with zero attached hydrogens (tertiary/aromatic N) is 4. The van der Waals surface area contributed by atoms with Gasteiger partial charge in [-0.1, -0.05) is 45.4 Å². The minimum absolute atomic E-state index is 0.0812. The van der Waals surface area contributed by atoms with E-state index in [0.717, 1.165) is 29.4 Å². The first-order valence-electron chi connectivity index (χ1n) is 12.1. The van der Waals surface area contributed by atoms with Crippen molar-refractivity contribution in [1.82, 2.24) is 19.9 Å². The van der Waals surface area contributed by atoms with Gasteiger partial charge in [0.05, 0.1) is 36.9 Å². The zero-order chi connectivity index (χ0) is 24.9. The van der Waals surface area contributed by atoms with E-state index in [0.29, 0.717) is 62.4 Å². The van der Waals surface area contributed by atoms with Crippen LogP contribution in [0.4, 0.5) is 5.69 Å². The molecule has 2 saturated heterocycles. The molecular weight excluding hydrogens is 526 g/mol. The van der Waals surface area contributed by atoms with Gasteiger partial charge in [0.25, 0.3) is 5.91 Å². The number of nitrogens with one attached hydrogen (secondary N) is 1. The SMILES string of the molecule is O=C(Nc1ccccc1C(=O)N1CCOCC1)C1CCCN(Cc2nc(-c3cccc(Br)c3)no2)C1. The lowest BCUT2D eigenvalue weighted by Gasteiger charge is -2.31. The molecule has 2 fully saturated rings. The molecule has 1 unspecified atom stereocenters. The molecule has 1 atom stereocenters. The number of aromatic nitrogens is 2. The van der Waals surface area contributed by atoms with Gasteiger partial charge in [-0.05, 0) is 43.7 Å². The van der Waals surface area contributed by atoms with Crippen LogP contribution in [-0.4, -0.2) is 71.1 Å². The summed E-state index contributed by atoms with van der Waals surface area (Å²) in [5, 5.41) is 7.13. The third-order valence-electron chi connectivity index (χ3n) is 6.50. The average molecular weight is 554 g/mol. The molecule has 0 bridgehead atoms. The third kappa shape index (κ3) is 5.83. The first-order chi connectivity index (χ1) is 17.6. The molecule has 36 heavy (non-hydrogen) atoms. The molecule has 0 saturated carbocycles. The van der Waals surface area contributed by atoms with Gasteiger partial charge in [-0.3, -0.25) is 14.5 Å². The van der Waals surface area contributed by atoms with Crippen LogP contribution in [0.5, 0.6) is 0 Å². The highest BCUT2D eigenvalue weighted by molar-refractivity contribution is 9.10. The van der Waals surface area contributed by atoms with Crippen molar-refractivity contribution in [2.24, 2.45) is 5.92 Å². The molecule has 0 spiro atoms. The Morgan fingerprint density at radius 3 is 2.75 bits per heavy atom. The number of carbonyl (C=O) groups is 2. The maximum atomic E-state index is 13.2. The summed E-state index contributed by atoms with van der Waals surface area (Å²) in [6.07, 6.45) is 1.67. The Labute approximate surface area is 217 Å². The topological polar surface area (TPSA) is 101 Å². The van der Waals surface area contributed by atoms with Crippen LogP contribution in [-0.2, 0) is 16.1 Å². The Hall–Kier alpha value is -3.08. The van der Waals surface area contributed by atoms with Crippen LogP contribution < -0.4 is 5.32 Å². The molecule has 188 valence electrons. The first-order valence-corrected chi connectivity index (χ1v) is 12.9. The summed E-state index contributed by atoms with van der Waals surface area (Å²) in [7, 11) is 0. The van der Waals surface area contributed by atoms with Gasteiger partial charge in [-0.2, -0.15) is 4.98 Å². The van der Waals surface area contributed by atoms with Crippen molar-refractivity contribution in [2.75, 3.05) is 44.7 Å². The number of carbonyl (C=O) groups excluding carboxylic acids is 2. The van der Waals surface area contributed by atoms with Crippen LogP contribution in [0.3, 0.4) is 0 Å². The van der Waals surface area contributed by atoms with E-state index in [4.69, 9.17) is 9.26 Å². The number of halogens is 1. The van der Waals surface area contributed by atoms with Crippen LogP contribution in [0.2, 0.25) is 0 Å². The molecule has 1 N–H and O–H groups in total. The highest BCUT2D eigenvalue weighted by atomic mass is 79.9. The normalized spacial score (nSPS) is 18.7. The smallest absolute Gasteiger partial charge is 0.256 e. The molecule has 2 aliphatic heterocycles. The summed E-state index contributed by atoms with van der Waals surface area (Å²) in [6, 6.07) is 14.9. The Balaban J connectivity index is 1.21. The second kappa shape index (κ2) is 11.3. The van der Waals surface area contributed by atoms with Gasteiger partial charge in [0, 0.05) is 29.7 Å². The minimum Gasteiger partial charge on any atom is -0.378 e. The van der Waals surface area contributed by atoms with E-state index in [2.05, 4.69) is 36.3 Å². The largest absolute Gasteiger partial charge is 0.378 e. The number of likely N-dealkylation sites (tertiary alicyclic amines) is 1. The van der Waals surface area contributed by atoms with E-state index in [9.17, 15) is 9.59 Å². The zero-order valence-electron chi connectivity index (χ0n) is 19.9. The quantitative estimate of drug-likeness (QED) is 0.495. The molecule has 9 nitrogen and oxygen atoms in total. The molecule has 2 aromatic carbocycles. The summed E-state index contributed by atoms with van der Waals surface area (Å²) >= 11 is 3.46. The Bertz CT molecular complexity index is 1230. The van der Waals surface area contributed by atoms with Crippen molar-refractivity contribution in [2.45, 2.75) is 19.4 Å². The monoisotopic (exact) mass is 553 g/mol. The number of morpholine rings is 1. The number of amides is 2. The molecule has 3 aromatic rings. The number of para-hydroxylation sites is 1. The summed E-state index contributed by atoms with van der Waals surface area (Å²) in [5.74, 6) is 0.698. The Kier molecular flexibility index (Phi) is 7.74. The first kappa shape index (κ1) is 24.6. The van der Waals surface area contributed by atoms with Gasteiger partial charge >= 0.3 is 0 Å². The van der Waals surface area contributed by atoms with Crippen LogP contribution >= 0.6 is 15.9 Å². The van der Waals surface area contributed by atoms with Crippen molar-refractivity contribution in [3.63, 3.8) is 0 Å². The highest BCUT2D eigenvalue weighted by Gasteiger charge is 2.28. The number of anilines is 1. The second-order valence-corrected chi connectivity index (χ2v) is 9.95. The summed E-state index contributed by atoms with van der Waals surface area (Å²) in [6.45, 7) is 4.09. The van der Waals surface area contributed by atoms with Gasteiger partial charge in [0.1, 0.15) is 0 Å². The lowest BCUT2D eigenvalue weighted by Crippen LogP contribution is -2.42. The van der Waals surface area contributed by atoms with E-state index >= 15 is 0 Å². The van der Waals surface area contributed by atoms with Crippen molar-refractivity contribution < 1.29 is 18.8 Å². The van der Waals surface area contributed by atoms with Crippen LogP contribution in [0.1, 0.15) is 29.1 Å². The van der Waals surface area contributed by atoms with E-state index in [1.807, 2.05) is 36.4 Å². The standard InChI is InChI=1S/C26H28BrN5O4/c27-20-7-3-5-18(15-20)24-29-23(36-30-24)17-31-10-4-6-19(16-31)25(33)28-22-9-2-1-8-21(22)26(34)32-11-13-35-14-12-32/h1-3,5,7-9,15,19H,4,6,10-14,16-17H2,(H,28,33). The second-order valence-electron chi connectivity index (χ2n) is 9.04. The predicted octanol–water partition coefficient (Wildman–Crippen LogP) is 3.82. The maximum absolute atomic E-state index is 13.2. The summed E-state index contributed by atoms with van der Waals surface area (Å²) in [4.78, 5) is 34.7. The summed E-state index contributed by atoms with van der Waals surface area (Å²) < 4.78 is 11.8. The summed E-state index contributed by atoms with van der Waals surface area (Å²) in [5.41, 5.74) is 1.93. The predicted molar refractivity (Wildman–Crippen MR) is 137 cm³/mol. The fraction of sp³-hybridized carbons (Fsp3) is 0.385. The molecule has 1 aromatic heterocycles. The number of piperidine rings is 1. The highest BCUT2D eigenvalue weighted by Crippen LogP contribution is 2.24. The Morgan fingerprint density at radius 1 is 1.08 bits per heavy atom. The number of rotatable bonds is 6. The van der Waals surface area contributed by atoms with Gasteiger partial charge in [0.2, 0.25) is 17.6 Å². The van der Waals surface area contributed by atoms with Crippen LogP contribution in [0.25, 0.3) is 11.4 Å². The fourth-order valence-electron chi connectivity index (χ4n) is 4.62. The molecule has 0 radical (unpaired) electrons. The number of hydrogen-bond acceptors (Lipinski definition) is 7. The van der Waals surface area contributed by atoms with Crippen LogP contribution in [0, 0.1) is 5.92 Å². The lowest BCUT2D eigenvalue weighted by atomic mass is 9.96. The van der Waals surface area contributed by atoms with Gasteiger partial charge < -0.3 is 19.5 Å². The average Bonchev–Trinajstić information content (AvgIpc) is 3.38. The number of benzene rings is 2. The van der Waals surface area contributed by atoms with E-state index in [1.165, 1.54) is 0 Å². The van der Waals surface area contributed by atoms with Gasteiger partial charge in [0.15, 0.2) is 0 Å². The van der Waals surface area contributed by atoms with Crippen molar-refractivity contribution >= 4 is 33.4 Å². The van der Waals surface area contributed by atoms with Gasteiger partial charge in [-0.25, -0.2) is 0 Å². The minimum atomic E-state index is -0.197. The number of hydrogen-bond donors (Lipinski definition) is 1. The van der Waals surface area contributed by atoms with Crippen molar-refractivity contribution in [3.05, 3.63) is 64.5 Å². The molecule has 10 heteroatoms. The van der Waals surface area contributed by atoms with Crippen molar-refractivity contribution in [1.29, 1.82) is 0 Å². The van der Waals surface area contributed by atoms with Gasteiger partial charge in [-0.15, -0.1) is 0 Å². The molecule has 2 aliphatic rings. The Morgan fingerprint density at radius 2 is 1.92 bits per heavy atom. The third-order valence-corrected chi connectivity index (χ3v) is 6.99. The number of ether oxygens (including phenoxy) is 1. The molecule has 2 amide bonds. The molecule has 0 aliphatic carbocycles. The van der Waals surface area contributed by atoms with E-state index in [-0.39, 0.29) is 17.7 Å². The van der Waals surface area contributed by atoms with E-state index < -0.39 is 0 Å². The molecule has 5 rings (SSSR count).